The lowest BCUT2D eigenvalue weighted by Gasteiger charge is -2.21. The third-order valence-electron chi connectivity index (χ3n) is 1.98. The van der Waals surface area contributed by atoms with Gasteiger partial charge in [-0.1, -0.05) is 0 Å². The maximum Gasteiger partial charge on any atom is 0.348 e. The van der Waals surface area contributed by atoms with Gasteiger partial charge in [-0.25, -0.2) is 10.7 Å². The number of carbonyl (C=O) groups is 1. The summed E-state index contributed by atoms with van der Waals surface area (Å²) in [5, 5.41) is 1.81. The monoisotopic (exact) mass is 215 g/mol. The molecule has 0 fully saturated rings. The zero-order valence-corrected chi connectivity index (χ0v) is 9.18. The van der Waals surface area contributed by atoms with E-state index >= 15 is 0 Å². The first-order valence-electron chi connectivity index (χ1n) is 4.07. The number of methoxy groups -OCH3 is 1. The van der Waals surface area contributed by atoms with E-state index in [1.54, 1.807) is 13.8 Å². The average Bonchev–Trinajstić information content (AvgIpc) is 2.65. The van der Waals surface area contributed by atoms with E-state index in [1.165, 1.54) is 18.4 Å². The molecule has 0 unspecified atom stereocenters. The van der Waals surface area contributed by atoms with E-state index in [9.17, 15) is 4.79 Å². The second-order valence-corrected chi connectivity index (χ2v) is 4.20. The highest BCUT2D eigenvalue weighted by Crippen LogP contribution is 2.30. The van der Waals surface area contributed by atoms with Gasteiger partial charge < -0.3 is 4.74 Å². The summed E-state index contributed by atoms with van der Waals surface area (Å²) in [4.78, 5) is 16.7. The van der Waals surface area contributed by atoms with Gasteiger partial charge in [0.1, 0.15) is 10.5 Å². The predicted octanol–water partition coefficient (Wildman–Crippen LogP) is 1.66. The van der Waals surface area contributed by atoms with Crippen LogP contribution in [0.25, 0.3) is 0 Å². The molecule has 0 saturated heterocycles. The molecule has 14 heavy (non-hydrogen) atoms. The Morgan fingerprint density at radius 2 is 2.21 bits per heavy atom. The van der Waals surface area contributed by atoms with Gasteiger partial charge in [0, 0.05) is 5.56 Å². The van der Waals surface area contributed by atoms with Crippen LogP contribution in [0.15, 0.2) is 11.4 Å². The van der Waals surface area contributed by atoms with Crippen LogP contribution in [0.1, 0.15) is 29.1 Å². The Morgan fingerprint density at radius 1 is 1.57 bits per heavy atom. The van der Waals surface area contributed by atoms with Crippen molar-refractivity contribution in [2.24, 2.45) is 5.90 Å². The van der Waals surface area contributed by atoms with Crippen LogP contribution in [-0.2, 0) is 15.2 Å². The molecule has 78 valence electrons. The van der Waals surface area contributed by atoms with Crippen molar-refractivity contribution in [3.63, 3.8) is 0 Å². The van der Waals surface area contributed by atoms with Gasteiger partial charge in [0.25, 0.3) is 0 Å². The van der Waals surface area contributed by atoms with E-state index in [0.29, 0.717) is 4.88 Å². The minimum Gasteiger partial charge on any atom is -0.465 e. The fourth-order valence-corrected chi connectivity index (χ4v) is 2.06. The summed E-state index contributed by atoms with van der Waals surface area (Å²) >= 11 is 1.31. The van der Waals surface area contributed by atoms with E-state index in [0.717, 1.165) is 5.56 Å². The predicted molar refractivity (Wildman–Crippen MR) is 54.0 cm³/mol. The summed E-state index contributed by atoms with van der Waals surface area (Å²) in [5.41, 5.74) is 0.0700. The van der Waals surface area contributed by atoms with Crippen molar-refractivity contribution in [2.75, 3.05) is 7.11 Å². The summed E-state index contributed by atoms with van der Waals surface area (Å²) < 4.78 is 4.65. The Kier molecular flexibility index (Phi) is 3.25. The molecule has 1 aromatic rings. The average molecular weight is 215 g/mol. The van der Waals surface area contributed by atoms with Crippen molar-refractivity contribution in [1.82, 2.24) is 0 Å². The van der Waals surface area contributed by atoms with Crippen LogP contribution in [0, 0.1) is 0 Å². The molecule has 1 heterocycles. The lowest BCUT2D eigenvalue weighted by molar-refractivity contribution is -0.0241. The molecule has 0 amide bonds. The van der Waals surface area contributed by atoms with Crippen LogP contribution < -0.4 is 5.90 Å². The van der Waals surface area contributed by atoms with Gasteiger partial charge in [-0.05, 0) is 25.3 Å². The van der Waals surface area contributed by atoms with Gasteiger partial charge in [0.05, 0.1) is 7.11 Å². The second-order valence-electron chi connectivity index (χ2n) is 3.28. The van der Waals surface area contributed by atoms with Gasteiger partial charge >= 0.3 is 5.97 Å². The Labute approximate surface area is 86.6 Å². The van der Waals surface area contributed by atoms with E-state index < -0.39 is 5.60 Å². The maximum absolute atomic E-state index is 11.3. The van der Waals surface area contributed by atoms with Crippen molar-refractivity contribution in [3.05, 3.63) is 21.9 Å². The number of nitrogens with two attached hydrogens (primary N) is 1. The molecule has 1 aromatic heterocycles. The largest absolute Gasteiger partial charge is 0.465 e. The molecule has 0 saturated carbocycles. The first-order valence-corrected chi connectivity index (χ1v) is 4.95. The van der Waals surface area contributed by atoms with Crippen molar-refractivity contribution < 1.29 is 14.4 Å². The standard InChI is InChI=1S/C9H13NO3S/c1-9(2,13-10)6-4-5-14-7(6)8(11)12-3/h4-5H,10H2,1-3H3. The lowest BCUT2D eigenvalue weighted by Crippen LogP contribution is -2.26. The molecule has 1 rings (SSSR count). The molecule has 0 radical (unpaired) electrons. The number of rotatable bonds is 3. The fraction of sp³-hybridized carbons (Fsp3) is 0.444. The first kappa shape index (κ1) is 11.2. The number of thiophene rings is 1. The summed E-state index contributed by atoms with van der Waals surface area (Å²) in [6, 6.07) is 1.81. The number of hydrogen-bond acceptors (Lipinski definition) is 5. The van der Waals surface area contributed by atoms with Crippen LogP contribution in [0.4, 0.5) is 0 Å². The number of hydrogen-bond donors (Lipinski definition) is 1. The third kappa shape index (κ3) is 1.95. The van der Waals surface area contributed by atoms with Gasteiger partial charge in [-0.2, -0.15) is 0 Å². The van der Waals surface area contributed by atoms with E-state index in [-0.39, 0.29) is 5.97 Å². The minimum absolute atomic E-state index is 0.361. The molecule has 0 aromatic carbocycles. The molecule has 5 heteroatoms. The van der Waals surface area contributed by atoms with Gasteiger partial charge in [0.15, 0.2) is 0 Å². The molecule has 4 nitrogen and oxygen atoms in total. The molecule has 0 aliphatic carbocycles. The highest BCUT2D eigenvalue weighted by atomic mass is 32.1. The van der Waals surface area contributed by atoms with Crippen molar-refractivity contribution >= 4 is 17.3 Å². The Bertz CT molecular complexity index is 333. The summed E-state index contributed by atoms with van der Waals surface area (Å²) in [7, 11) is 1.35. The van der Waals surface area contributed by atoms with Crippen molar-refractivity contribution in [1.29, 1.82) is 0 Å². The number of esters is 1. The molecule has 0 bridgehead atoms. The Morgan fingerprint density at radius 3 is 2.71 bits per heavy atom. The van der Waals surface area contributed by atoms with Gasteiger partial charge in [-0.3, -0.25) is 4.84 Å². The zero-order chi connectivity index (χ0) is 10.8. The Hall–Kier alpha value is -0.910. The smallest absolute Gasteiger partial charge is 0.348 e. The van der Waals surface area contributed by atoms with E-state index in [1.807, 2.05) is 11.4 Å². The van der Waals surface area contributed by atoms with E-state index in [4.69, 9.17) is 10.7 Å². The van der Waals surface area contributed by atoms with Gasteiger partial charge in [-0.15, -0.1) is 11.3 Å². The third-order valence-corrected chi connectivity index (χ3v) is 2.87. The normalized spacial score (nSPS) is 11.4. The topological polar surface area (TPSA) is 61.5 Å². The molecule has 0 spiro atoms. The number of carbonyl (C=O) groups excluding carboxylic acids is 1. The van der Waals surface area contributed by atoms with Crippen LogP contribution in [0.5, 0.6) is 0 Å². The maximum atomic E-state index is 11.3. The van der Waals surface area contributed by atoms with Crippen LogP contribution in [-0.4, -0.2) is 13.1 Å². The number of ether oxygens (including phenoxy) is 1. The van der Waals surface area contributed by atoms with Crippen molar-refractivity contribution in [2.45, 2.75) is 19.4 Å². The van der Waals surface area contributed by atoms with Crippen LogP contribution in [0.3, 0.4) is 0 Å². The van der Waals surface area contributed by atoms with Crippen LogP contribution >= 0.6 is 11.3 Å². The van der Waals surface area contributed by atoms with Gasteiger partial charge in [0.2, 0.25) is 0 Å². The molecule has 2 N–H and O–H groups in total. The Balaban J connectivity index is 3.10. The zero-order valence-electron chi connectivity index (χ0n) is 8.37. The summed E-state index contributed by atoms with van der Waals surface area (Å²) in [5.74, 6) is 4.80. The summed E-state index contributed by atoms with van der Waals surface area (Å²) in [6.07, 6.45) is 0. The highest BCUT2D eigenvalue weighted by Gasteiger charge is 2.28. The minimum atomic E-state index is -0.677. The molecular weight excluding hydrogens is 202 g/mol. The first-order chi connectivity index (χ1) is 6.53. The van der Waals surface area contributed by atoms with Crippen molar-refractivity contribution in [3.8, 4) is 0 Å². The molecule has 0 atom stereocenters. The SMILES string of the molecule is COC(=O)c1sccc1C(C)(C)ON. The van der Waals surface area contributed by atoms with Crippen LogP contribution in [0.2, 0.25) is 0 Å². The second kappa shape index (κ2) is 4.08. The molecular formula is C9H13NO3S. The quantitative estimate of drug-likeness (QED) is 0.615. The van der Waals surface area contributed by atoms with E-state index in [2.05, 4.69) is 4.74 Å². The fourth-order valence-electron chi connectivity index (χ4n) is 1.10. The lowest BCUT2D eigenvalue weighted by atomic mass is 9.99. The molecule has 0 aliphatic heterocycles. The highest BCUT2D eigenvalue weighted by molar-refractivity contribution is 7.12. The summed E-state index contributed by atoms with van der Waals surface area (Å²) in [6.45, 7) is 3.59. The molecule has 0 aliphatic rings.